The third kappa shape index (κ3) is 3.39. The zero-order valence-electron chi connectivity index (χ0n) is 13.6. The van der Waals surface area contributed by atoms with Crippen LogP contribution in [0.1, 0.15) is 19.8 Å². The number of hydrogen-bond donors (Lipinski definition) is 1. The summed E-state index contributed by atoms with van der Waals surface area (Å²) < 4.78 is 0. The molecule has 7 heteroatoms. The average molecular weight is 370 g/mol. The van der Waals surface area contributed by atoms with Crippen LogP contribution in [-0.4, -0.2) is 42.9 Å². The van der Waals surface area contributed by atoms with Crippen LogP contribution in [0.25, 0.3) is 0 Å². The lowest BCUT2D eigenvalue weighted by atomic mass is 9.90. The smallest absolute Gasteiger partial charge is 0.228 e. The molecule has 2 atom stereocenters. The van der Waals surface area contributed by atoms with Crippen molar-refractivity contribution in [3.8, 4) is 0 Å². The van der Waals surface area contributed by atoms with Crippen molar-refractivity contribution < 1.29 is 9.59 Å². The maximum absolute atomic E-state index is 12.8. The van der Waals surface area contributed by atoms with Crippen molar-refractivity contribution in [2.45, 2.75) is 19.8 Å². The van der Waals surface area contributed by atoms with E-state index in [9.17, 15) is 9.59 Å². The second-order valence-corrected chi connectivity index (χ2v) is 7.93. The first kappa shape index (κ1) is 17.5. The van der Waals surface area contributed by atoms with Crippen molar-refractivity contribution in [1.82, 2.24) is 4.90 Å². The van der Waals surface area contributed by atoms with Gasteiger partial charge in [0, 0.05) is 41.8 Å². The molecule has 2 aliphatic rings. The summed E-state index contributed by atoms with van der Waals surface area (Å²) in [6, 6.07) is 5.01. The molecular formula is C17H21Cl2N3O2. The highest BCUT2D eigenvalue weighted by Crippen LogP contribution is 2.33. The third-order valence-corrected chi connectivity index (χ3v) is 5.43. The number of anilines is 1. The second kappa shape index (κ2) is 6.54. The van der Waals surface area contributed by atoms with Crippen molar-refractivity contribution in [2.24, 2.45) is 17.1 Å². The molecule has 1 aromatic rings. The number of benzene rings is 1. The highest BCUT2D eigenvalue weighted by molar-refractivity contribution is 6.35. The lowest BCUT2D eigenvalue weighted by Gasteiger charge is -2.24. The van der Waals surface area contributed by atoms with Crippen LogP contribution in [0, 0.1) is 11.3 Å². The van der Waals surface area contributed by atoms with Crippen LogP contribution in [0.2, 0.25) is 10.0 Å². The van der Waals surface area contributed by atoms with E-state index < -0.39 is 0 Å². The SMILES string of the molecule is CC1(CN)CCN(C(=O)C2CC(=O)N(c3cc(Cl)cc(Cl)c3)C2)C1. The predicted molar refractivity (Wildman–Crippen MR) is 95.3 cm³/mol. The lowest BCUT2D eigenvalue weighted by molar-refractivity contribution is -0.135. The van der Waals surface area contributed by atoms with Crippen LogP contribution < -0.4 is 10.6 Å². The number of halogens is 2. The summed E-state index contributed by atoms with van der Waals surface area (Å²) >= 11 is 12.0. The molecular weight excluding hydrogens is 349 g/mol. The van der Waals surface area contributed by atoms with E-state index in [0.717, 1.165) is 6.42 Å². The van der Waals surface area contributed by atoms with Gasteiger partial charge in [-0.15, -0.1) is 0 Å². The van der Waals surface area contributed by atoms with E-state index in [-0.39, 0.29) is 29.6 Å². The molecule has 2 fully saturated rings. The Kier molecular flexibility index (Phi) is 4.78. The lowest BCUT2D eigenvalue weighted by Crippen LogP contribution is -2.38. The van der Waals surface area contributed by atoms with E-state index in [1.165, 1.54) is 0 Å². The van der Waals surface area contributed by atoms with Gasteiger partial charge in [0.1, 0.15) is 0 Å². The van der Waals surface area contributed by atoms with Crippen LogP contribution >= 0.6 is 23.2 Å². The van der Waals surface area contributed by atoms with Crippen LogP contribution in [0.5, 0.6) is 0 Å². The molecule has 1 aromatic carbocycles. The number of amides is 2. The first-order valence-corrected chi connectivity index (χ1v) is 8.82. The highest BCUT2D eigenvalue weighted by Gasteiger charge is 2.41. The number of carbonyl (C=O) groups excluding carboxylic acids is 2. The van der Waals surface area contributed by atoms with Crippen molar-refractivity contribution in [1.29, 1.82) is 0 Å². The van der Waals surface area contributed by atoms with Crippen LogP contribution in [-0.2, 0) is 9.59 Å². The Hall–Kier alpha value is -1.30. The standard InChI is InChI=1S/C17H21Cl2N3O2/c1-17(9-20)2-3-21(10-17)16(24)11-4-15(23)22(8-11)14-6-12(18)5-13(19)7-14/h5-7,11H,2-4,8-10,20H2,1H3. The average Bonchev–Trinajstić information content (AvgIpc) is 3.10. The summed E-state index contributed by atoms with van der Waals surface area (Å²) in [6.45, 7) is 4.40. The van der Waals surface area contributed by atoms with Gasteiger partial charge in [-0.3, -0.25) is 9.59 Å². The van der Waals surface area contributed by atoms with Gasteiger partial charge >= 0.3 is 0 Å². The molecule has 2 saturated heterocycles. The molecule has 130 valence electrons. The van der Waals surface area contributed by atoms with Crippen molar-refractivity contribution in [2.75, 3.05) is 31.1 Å². The molecule has 0 saturated carbocycles. The Morgan fingerprint density at radius 1 is 1.33 bits per heavy atom. The summed E-state index contributed by atoms with van der Waals surface area (Å²) in [5, 5.41) is 0.941. The fourth-order valence-electron chi connectivity index (χ4n) is 3.45. The van der Waals surface area contributed by atoms with Gasteiger partial charge in [-0.25, -0.2) is 0 Å². The van der Waals surface area contributed by atoms with Crippen LogP contribution in [0.3, 0.4) is 0 Å². The van der Waals surface area contributed by atoms with Gasteiger partial charge in [0.05, 0.1) is 5.92 Å². The van der Waals surface area contributed by atoms with Gasteiger partial charge in [0.2, 0.25) is 11.8 Å². The number of nitrogens with zero attached hydrogens (tertiary/aromatic N) is 2. The van der Waals surface area contributed by atoms with Crippen LogP contribution in [0.15, 0.2) is 18.2 Å². The van der Waals surface area contributed by atoms with Gasteiger partial charge in [0.15, 0.2) is 0 Å². The Morgan fingerprint density at radius 3 is 2.58 bits per heavy atom. The first-order valence-electron chi connectivity index (χ1n) is 8.07. The summed E-state index contributed by atoms with van der Waals surface area (Å²) in [6.07, 6.45) is 1.13. The normalized spacial score (nSPS) is 27.2. The third-order valence-electron chi connectivity index (χ3n) is 5.00. The molecule has 24 heavy (non-hydrogen) atoms. The van der Waals surface area contributed by atoms with E-state index in [4.69, 9.17) is 28.9 Å². The Bertz CT molecular complexity index is 662. The Balaban J connectivity index is 1.72. The molecule has 2 unspecified atom stereocenters. The zero-order valence-corrected chi connectivity index (χ0v) is 15.1. The zero-order chi connectivity index (χ0) is 17.5. The number of likely N-dealkylation sites (tertiary alicyclic amines) is 1. The Morgan fingerprint density at radius 2 is 2.00 bits per heavy atom. The van der Waals surface area contributed by atoms with Crippen molar-refractivity contribution in [3.05, 3.63) is 28.2 Å². The van der Waals surface area contributed by atoms with Gasteiger partial charge in [-0.1, -0.05) is 30.1 Å². The van der Waals surface area contributed by atoms with Crippen LogP contribution in [0.4, 0.5) is 5.69 Å². The fourth-order valence-corrected chi connectivity index (χ4v) is 3.97. The molecule has 0 spiro atoms. The first-order chi connectivity index (χ1) is 11.3. The topological polar surface area (TPSA) is 66.6 Å². The number of hydrogen-bond acceptors (Lipinski definition) is 3. The highest BCUT2D eigenvalue weighted by atomic mass is 35.5. The van der Waals surface area contributed by atoms with E-state index in [1.54, 1.807) is 23.1 Å². The minimum absolute atomic E-state index is 0.0154. The van der Waals surface area contributed by atoms with Gasteiger partial charge in [-0.2, -0.15) is 0 Å². The molecule has 2 amide bonds. The van der Waals surface area contributed by atoms with E-state index in [1.807, 2.05) is 4.90 Å². The largest absolute Gasteiger partial charge is 0.342 e. The predicted octanol–water partition coefficient (Wildman–Crippen LogP) is 2.54. The van der Waals surface area contributed by atoms with E-state index in [0.29, 0.717) is 41.9 Å². The summed E-state index contributed by atoms with van der Waals surface area (Å²) in [4.78, 5) is 28.6. The molecule has 2 aliphatic heterocycles. The molecule has 5 nitrogen and oxygen atoms in total. The summed E-state index contributed by atoms with van der Waals surface area (Å²) in [7, 11) is 0. The van der Waals surface area contributed by atoms with Crippen molar-refractivity contribution >= 4 is 40.7 Å². The monoisotopic (exact) mass is 369 g/mol. The van der Waals surface area contributed by atoms with Gasteiger partial charge in [-0.05, 0) is 36.6 Å². The van der Waals surface area contributed by atoms with Gasteiger partial charge < -0.3 is 15.5 Å². The molecule has 0 bridgehead atoms. The minimum atomic E-state index is -0.324. The summed E-state index contributed by atoms with van der Waals surface area (Å²) in [5.41, 5.74) is 6.43. The number of rotatable bonds is 3. The van der Waals surface area contributed by atoms with E-state index in [2.05, 4.69) is 6.92 Å². The van der Waals surface area contributed by atoms with Crippen molar-refractivity contribution in [3.63, 3.8) is 0 Å². The second-order valence-electron chi connectivity index (χ2n) is 7.06. The fraction of sp³-hybridized carbons (Fsp3) is 0.529. The number of nitrogens with two attached hydrogens (primary N) is 1. The molecule has 0 radical (unpaired) electrons. The molecule has 2 heterocycles. The van der Waals surface area contributed by atoms with Gasteiger partial charge in [0.25, 0.3) is 0 Å². The minimum Gasteiger partial charge on any atom is -0.342 e. The quantitative estimate of drug-likeness (QED) is 0.889. The van der Waals surface area contributed by atoms with E-state index >= 15 is 0 Å². The summed E-state index contributed by atoms with van der Waals surface area (Å²) in [5.74, 6) is -0.362. The molecule has 0 aliphatic carbocycles. The maximum atomic E-state index is 12.8. The molecule has 0 aromatic heterocycles. The molecule has 2 N–H and O–H groups in total. The maximum Gasteiger partial charge on any atom is 0.228 e. The molecule has 3 rings (SSSR count). The Labute approximate surface area is 151 Å². The number of carbonyl (C=O) groups is 2.